The minimum absolute atomic E-state index is 0.0100. The van der Waals surface area contributed by atoms with Crippen molar-refractivity contribution >= 4 is 11.8 Å². The van der Waals surface area contributed by atoms with E-state index in [-0.39, 0.29) is 4.75 Å². The van der Waals surface area contributed by atoms with Crippen LogP contribution in [-0.4, -0.2) is 15.6 Å². The highest BCUT2D eigenvalue weighted by molar-refractivity contribution is 8.00. The predicted molar refractivity (Wildman–Crippen MR) is 53.8 cm³/mol. The third kappa shape index (κ3) is 1.63. The van der Waals surface area contributed by atoms with Crippen LogP contribution in [0.1, 0.15) is 31.4 Å². The quantitative estimate of drug-likeness (QED) is 0.793. The highest BCUT2D eigenvalue weighted by Gasteiger charge is 2.38. The van der Waals surface area contributed by atoms with E-state index in [0.717, 1.165) is 17.7 Å². The van der Waals surface area contributed by atoms with Crippen molar-refractivity contribution < 1.29 is 9.52 Å². The Labute approximate surface area is 82.3 Å². The number of rotatable bonds is 2. The van der Waals surface area contributed by atoms with E-state index in [1.54, 1.807) is 12.5 Å². The lowest BCUT2D eigenvalue weighted by atomic mass is 9.94. The standard InChI is InChI=1S/C10H14O2S/c1-10(4-2-6-13-10)9(11)8-3-5-12-7-8/h3,5,7,9,11H,2,4,6H2,1H3. The largest absolute Gasteiger partial charge is 0.472 e. The number of hydrogen-bond donors (Lipinski definition) is 1. The SMILES string of the molecule is CC1(C(O)c2ccoc2)CCCS1. The van der Waals surface area contributed by atoms with Gasteiger partial charge in [-0.25, -0.2) is 0 Å². The molecule has 0 aromatic carbocycles. The molecule has 1 aromatic heterocycles. The first-order valence-electron chi connectivity index (χ1n) is 4.56. The highest BCUT2D eigenvalue weighted by Crippen LogP contribution is 2.46. The molecule has 1 aliphatic rings. The molecule has 1 aromatic rings. The zero-order valence-corrected chi connectivity index (χ0v) is 8.51. The van der Waals surface area contributed by atoms with Gasteiger partial charge in [-0.3, -0.25) is 0 Å². The monoisotopic (exact) mass is 198 g/mol. The maximum absolute atomic E-state index is 10.1. The molecule has 0 aliphatic carbocycles. The lowest BCUT2D eigenvalue weighted by Gasteiger charge is -2.28. The van der Waals surface area contributed by atoms with Crippen molar-refractivity contribution in [2.75, 3.05) is 5.75 Å². The topological polar surface area (TPSA) is 33.4 Å². The molecular formula is C10H14O2S. The molecule has 1 aliphatic heterocycles. The Hall–Kier alpha value is -0.410. The van der Waals surface area contributed by atoms with Gasteiger partial charge in [0.1, 0.15) is 0 Å². The van der Waals surface area contributed by atoms with Crippen molar-refractivity contribution in [2.24, 2.45) is 0 Å². The zero-order valence-electron chi connectivity index (χ0n) is 7.69. The average molecular weight is 198 g/mol. The molecule has 2 atom stereocenters. The molecule has 0 saturated carbocycles. The fourth-order valence-corrected chi connectivity index (χ4v) is 3.14. The maximum Gasteiger partial charge on any atom is 0.0964 e. The maximum atomic E-state index is 10.1. The van der Waals surface area contributed by atoms with Gasteiger partial charge in [0.15, 0.2) is 0 Å². The number of hydrogen-bond acceptors (Lipinski definition) is 3. The average Bonchev–Trinajstić information content (AvgIpc) is 2.73. The molecular weight excluding hydrogens is 184 g/mol. The number of furan rings is 1. The number of thioether (sulfide) groups is 1. The second-order valence-corrected chi connectivity index (χ2v) is 5.35. The highest BCUT2D eigenvalue weighted by atomic mass is 32.2. The molecule has 0 bridgehead atoms. The van der Waals surface area contributed by atoms with E-state index in [0.29, 0.717) is 0 Å². The Morgan fingerprint density at radius 1 is 1.69 bits per heavy atom. The van der Waals surface area contributed by atoms with Gasteiger partial charge in [-0.1, -0.05) is 0 Å². The molecule has 1 fully saturated rings. The molecule has 72 valence electrons. The summed E-state index contributed by atoms with van der Waals surface area (Å²) in [6.07, 6.45) is 5.15. The van der Waals surface area contributed by atoms with Crippen LogP contribution in [0.4, 0.5) is 0 Å². The lowest BCUT2D eigenvalue weighted by molar-refractivity contribution is 0.134. The predicted octanol–water partition coefficient (Wildman–Crippen LogP) is 2.60. The fourth-order valence-electron chi connectivity index (χ4n) is 1.80. The molecule has 0 amide bonds. The van der Waals surface area contributed by atoms with Gasteiger partial charge < -0.3 is 9.52 Å². The third-order valence-corrected chi connectivity index (χ3v) is 4.27. The Morgan fingerprint density at radius 2 is 2.54 bits per heavy atom. The molecule has 2 nitrogen and oxygen atoms in total. The minimum atomic E-state index is -0.390. The molecule has 2 unspecified atom stereocenters. The van der Waals surface area contributed by atoms with Crippen LogP contribution in [-0.2, 0) is 0 Å². The van der Waals surface area contributed by atoms with Crippen molar-refractivity contribution in [3.05, 3.63) is 24.2 Å². The summed E-state index contributed by atoms with van der Waals surface area (Å²) in [6.45, 7) is 2.13. The molecule has 0 spiro atoms. The van der Waals surface area contributed by atoms with Gasteiger partial charge in [-0.05, 0) is 31.6 Å². The molecule has 0 radical (unpaired) electrons. The van der Waals surface area contributed by atoms with Gasteiger partial charge >= 0.3 is 0 Å². The van der Waals surface area contributed by atoms with Crippen molar-refractivity contribution in [3.63, 3.8) is 0 Å². The number of aliphatic hydroxyl groups is 1. The summed E-state index contributed by atoms with van der Waals surface area (Å²) >= 11 is 1.86. The third-order valence-electron chi connectivity index (χ3n) is 2.69. The van der Waals surface area contributed by atoms with E-state index in [9.17, 15) is 5.11 Å². The smallest absolute Gasteiger partial charge is 0.0964 e. The van der Waals surface area contributed by atoms with E-state index in [4.69, 9.17) is 4.42 Å². The normalized spacial score (nSPS) is 30.6. The van der Waals surface area contributed by atoms with Crippen LogP contribution in [0, 0.1) is 0 Å². The summed E-state index contributed by atoms with van der Waals surface area (Å²) in [5.41, 5.74) is 0.900. The number of aliphatic hydroxyl groups excluding tert-OH is 1. The van der Waals surface area contributed by atoms with E-state index in [1.807, 2.05) is 17.8 Å². The summed E-state index contributed by atoms with van der Waals surface area (Å²) < 4.78 is 4.96. The zero-order chi connectivity index (χ0) is 9.31. The second-order valence-electron chi connectivity index (χ2n) is 3.72. The van der Waals surface area contributed by atoms with Crippen LogP contribution in [0.15, 0.2) is 23.0 Å². The molecule has 13 heavy (non-hydrogen) atoms. The van der Waals surface area contributed by atoms with Crippen molar-refractivity contribution in [3.8, 4) is 0 Å². The summed E-state index contributed by atoms with van der Waals surface area (Å²) in [5, 5.41) is 10.1. The molecule has 1 N–H and O–H groups in total. The van der Waals surface area contributed by atoms with Crippen LogP contribution >= 0.6 is 11.8 Å². The van der Waals surface area contributed by atoms with Crippen molar-refractivity contribution in [2.45, 2.75) is 30.6 Å². The Morgan fingerprint density at radius 3 is 3.08 bits per heavy atom. The van der Waals surface area contributed by atoms with Crippen LogP contribution in [0.3, 0.4) is 0 Å². The summed E-state index contributed by atoms with van der Waals surface area (Å²) in [4.78, 5) is 0. The molecule has 2 heterocycles. The van der Waals surface area contributed by atoms with Gasteiger partial charge in [0.05, 0.1) is 18.6 Å². The Bertz CT molecular complexity index is 262. The van der Waals surface area contributed by atoms with Crippen molar-refractivity contribution in [1.82, 2.24) is 0 Å². The second kappa shape index (κ2) is 3.39. The van der Waals surface area contributed by atoms with Crippen LogP contribution < -0.4 is 0 Å². The van der Waals surface area contributed by atoms with Gasteiger partial charge in [-0.2, -0.15) is 11.8 Å². The fraction of sp³-hybridized carbons (Fsp3) is 0.600. The van der Waals surface area contributed by atoms with E-state index < -0.39 is 6.10 Å². The molecule has 1 saturated heterocycles. The summed E-state index contributed by atoms with van der Waals surface area (Å²) in [5.74, 6) is 1.16. The first-order valence-corrected chi connectivity index (χ1v) is 5.55. The van der Waals surface area contributed by atoms with Gasteiger partial charge in [0.25, 0.3) is 0 Å². The minimum Gasteiger partial charge on any atom is -0.472 e. The van der Waals surface area contributed by atoms with Crippen LogP contribution in [0.5, 0.6) is 0 Å². The Kier molecular flexibility index (Phi) is 2.39. The lowest BCUT2D eigenvalue weighted by Crippen LogP contribution is -2.25. The summed E-state index contributed by atoms with van der Waals surface area (Å²) in [6, 6.07) is 1.84. The molecule has 2 rings (SSSR count). The van der Waals surface area contributed by atoms with Gasteiger partial charge in [-0.15, -0.1) is 0 Å². The summed E-state index contributed by atoms with van der Waals surface area (Å²) in [7, 11) is 0. The van der Waals surface area contributed by atoms with Gasteiger partial charge in [0.2, 0.25) is 0 Å². The van der Waals surface area contributed by atoms with E-state index >= 15 is 0 Å². The first-order chi connectivity index (χ1) is 6.22. The van der Waals surface area contributed by atoms with Crippen LogP contribution in [0.25, 0.3) is 0 Å². The Balaban J connectivity index is 2.16. The van der Waals surface area contributed by atoms with E-state index in [2.05, 4.69) is 6.92 Å². The van der Waals surface area contributed by atoms with Gasteiger partial charge in [0, 0.05) is 10.3 Å². The molecule has 3 heteroatoms. The van der Waals surface area contributed by atoms with Crippen molar-refractivity contribution in [1.29, 1.82) is 0 Å². The van der Waals surface area contributed by atoms with Crippen LogP contribution in [0.2, 0.25) is 0 Å². The van der Waals surface area contributed by atoms with E-state index in [1.165, 1.54) is 6.42 Å². The first kappa shape index (κ1) is 9.16.